The Kier molecular flexibility index (Phi) is 3.90. The fourth-order valence-corrected chi connectivity index (χ4v) is 1.43. The average Bonchev–Trinajstić information content (AvgIpc) is 2.56. The van der Waals surface area contributed by atoms with Crippen molar-refractivity contribution in [3.8, 4) is 0 Å². The number of aliphatic hydroxyl groups is 1. The predicted molar refractivity (Wildman–Crippen MR) is 49.5 cm³/mol. The standard InChI is InChI=1S/C8H11NO2S/c10-4-5-12-6-8(11)7-2-1-3-9-7/h1-3,9-10H,4-6H2. The number of nitrogens with one attached hydrogen (secondary N) is 1. The van der Waals surface area contributed by atoms with E-state index in [2.05, 4.69) is 4.98 Å². The Bertz CT molecular complexity index is 233. The molecule has 2 N–H and O–H groups in total. The first-order valence-corrected chi connectivity index (χ1v) is 4.85. The van der Waals surface area contributed by atoms with Gasteiger partial charge in [0.15, 0.2) is 5.78 Å². The topological polar surface area (TPSA) is 53.1 Å². The van der Waals surface area contributed by atoms with E-state index in [0.29, 0.717) is 17.2 Å². The van der Waals surface area contributed by atoms with Crippen molar-refractivity contribution in [2.24, 2.45) is 0 Å². The molecule has 1 rings (SSSR count). The van der Waals surface area contributed by atoms with E-state index >= 15 is 0 Å². The minimum atomic E-state index is 0.0819. The van der Waals surface area contributed by atoms with Gasteiger partial charge in [-0.2, -0.15) is 11.8 Å². The third-order valence-electron chi connectivity index (χ3n) is 1.37. The number of hydrogen-bond donors (Lipinski definition) is 2. The highest BCUT2D eigenvalue weighted by Gasteiger charge is 2.04. The lowest BCUT2D eigenvalue weighted by atomic mass is 10.3. The number of hydrogen-bond acceptors (Lipinski definition) is 3. The summed E-state index contributed by atoms with van der Waals surface area (Å²) in [6.45, 7) is 0.128. The minimum absolute atomic E-state index is 0.0819. The third kappa shape index (κ3) is 2.71. The molecule has 0 fully saturated rings. The predicted octanol–water partition coefficient (Wildman–Crippen LogP) is 0.923. The maximum Gasteiger partial charge on any atom is 0.188 e. The monoisotopic (exact) mass is 185 g/mol. The molecule has 1 aromatic rings. The van der Waals surface area contributed by atoms with Crippen LogP contribution in [0.5, 0.6) is 0 Å². The molecule has 0 aliphatic rings. The summed E-state index contributed by atoms with van der Waals surface area (Å²) in [5, 5.41) is 8.47. The van der Waals surface area contributed by atoms with Crippen LogP contribution >= 0.6 is 11.8 Å². The van der Waals surface area contributed by atoms with Crippen LogP contribution in [0.4, 0.5) is 0 Å². The van der Waals surface area contributed by atoms with Crippen molar-refractivity contribution >= 4 is 17.5 Å². The lowest BCUT2D eigenvalue weighted by Crippen LogP contribution is -2.03. The first kappa shape index (κ1) is 9.35. The Hall–Kier alpha value is -0.740. The summed E-state index contributed by atoms with van der Waals surface area (Å²) < 4.78 is 0. The molecule has 0 aliphatic carbocycles. The Balaban J connectivity index is 2.30. The van der Waals surface area contributed by atoms with E-state index in [0.717, 1.165) is 0 Å². The quantitative estimate of drug-likeness (QED) is 0.530. The van der Waals surface area contributed by atoms with Gasteiger partial charge in [-0.25, -0.2) is 0 Å². The summed E-state index contributed by atoms with van der Waals surface area (Å²) in [4.78, 5) is 14.1. The second-order valence-electron chi connectivity index (χ2n) is 2.28. The molecule has 12 heavy (non-hydrogen) atoms. The van der Waals surface area contributed by atoms with Gasteiger partial charge in [-0.1, -0.05) is 0 Å². The number of aromatic amines is 1. The average molecular weight is 185 g/mol. The zero-order valence-corrected chi connectivity index (χ0v) is 7.43. The maximum atomic E-state index is 11.2. The first-order chi connectivity index (χ1) is 5.84. The van der Waals surface area contributed by atoms with Crippen LogP contribution < -0.4 is 0 Å². The zero-order chi connectivity index (χ0) is 8.81. The molecule has 0 unspecified atom stereocenters. The molecule has 0 aromatic carbocycles. The third-order valence-corrected chi connectivity index (χ3v) is 2.30. The number of Topliss-reactive ketones (excluding diaryl/α,β-unsaturated/α-hetero) is 1. The molecular weight excluding hydrogens is 174 g/mol. The van der Waals surface area contributed by atoms with Crippen molar-refractivity contribution in [3.05, 3.63) is 24.0 Å². The van der Waals surface area contributed by atoms with E-state index in [-0.39, 0.29) is 12.4 Å². The van der Waals surface area contributed by atoms with Gasteiger partial charge in [0, 0.05) is 11.9 Å². The number of thioether (sulfide) groups is 1. The summed E-state index contributed by atoms with van der Waals surface area (Å²) in [6.07, 6.45) is 1.73. The molecule has 0 atom stereocenters. The van der Waals surface area contributed by atoms with E-state index in [9.17, 15) is 4.79 Å². The summed E-state index contributed by atoms with van der Waals surface area (Å²) in [5.74, 6) is 1.13. The largest absolute Gasteiger partial charge is 0.396 e. The van der Waals surface area contributed by atoms with Gasteiger partial charge in [-0.15, -0.1) is 0 Å². The molecule has 0 saturated carbocycles. The molecule has 0 radical (unpaired) electrons. The second kappa shape index (κ2) is 5.00. The maximum absolute atomic E-state index is 11.2. The van der Waals surface area contributed by atoms with Gasteiger partial charge in [0.25, 0.3) is 0 Å². The van der Waals surface area contributed by atoms with E-state index < -0.39 is 0 Å². The van der Waals surface area contributed by atoms with Crippen LogP contribution in [0.15, 0.2) is 18.3 Å². The fraction of sp³-hybridized carbons (Fsp3) is 0.375. The van der Waals surface area contributed by atoms with Crippen LogP contribution in [-0.2, 0) is 0 Å². The first-order valence-electron chi connectivity index (χ1n) is 3.70. The van der Waals surface area contributed by atoms with Gasteiger partial charge in [-0.05, 0) is 12.1 Å². The normalized spacial score (nSPS) is 10.1. The molecule has 4 heteroatoms. The van der Waals surface area contributed by atoms with E-state index in [4.69, 9.17) is 5.11 Å². The van der Waals surface area contributed by atoms with Gasteiger partial charge in [0.1, 0.15) is 0 Å². The summed E-state index contributed by atoms with van der Waals surface area (Å²) >= 11 is 1.44. The Labute approximate surface area is 75.2 Å². The van der Waals surface area contributed by atoms with Crippen LogP contribution in [0, 0.1) is 0 Å². The van der Waals surface area contributed by atoms with Crippen LogP contribution in [0.2, 0.25) is 0 Å². The Morgan fingerprint density at radius 3 is 3.08 bits per heavy atom. The van der Waals surface area contributed by atoms with Crippen molar-refractivity contribution in [2.45, 2.75) is 0 Å². The van der Waals surface area contributed by atoms with Crippen LogP contribution in [-0.4, -0.2) is 34.0 Å². The Morgan fingerprint density at radius 1 is 1.67 bits per heavy atom. The molecule has 0 bridgehead atoms. The lowest BCUT2D eigenvalue weighted by Gasteiger charge is -1.96. The number of ketones is 1. The molecule has 66 valence electrons. The highest BCUT2D eigenvalue weighted by atomic mass is 32.2. The highest BCUT2D eigenvalue weighted by molar-refractivity contribution is 8.00. The minimum Gasteiger partial charge on any atom is -0.396 e. The van der Waals surface area contributed by atoms with Crippen molar-refractivity contribution in [1.29, 1.82) is 0 Å². The van der Waals surface area contributed by atoms with Gasteiger partial charge in [-0.3, -0.25) is 4.79 Å². The number of aromatic nitrogens is 1. The smallest absolute Gasteiger partial charge is 0.188 e. The van der Waals surface area contributed by atoms with Gasteiger partial charge in [0.05, 0.1) is 18.1 Å². The highest BCUT2D eigenvalue weighted by Crippen LogP contribution is 2.04. The summed E-state index contributed by atoms with van der Waals surface area (Å²) in [7, 11) is 0. The van der Waals surface area contributed by atoms with Gasteiger partial charge < -0.3 is 10.1 Å². The molecule has 0 saturated heterocycles. The van der Waals surface area contributed by atoms with Gasteiger partial charge >= 0.3 is 0 Å². The summed E-state index contributed by atoms with van der Waals surface area (Å²) in [5.41, 5.74) is 0.639. The molecule has 0 aliphatic heterocycles. The van der Waals surface area contributed by atoms with Crippen LogP contribution in [0.25, 0.3) is 0 Å². The number of rotatable bonds is 5. The van der Waals surface area contributed by atoms with Crippen molar-refractivity contribution in [1.82, 2.24) is 4.98 Å². The zero-order valence-electron chi connectivity index (χ0n) is 6.62. The molecule has 1 heterocycles. The SMILES string of the molecule is O=C(CSCCO)c1ccc[nH]1. The van der Waals surface area contributed by atoms with Crippen molar-refractivity contribution in [3.63, 3.8) is 0 Å². The van der Waals surface area contributed by atoms with Crippen LogP contribution in [0.1, 0.15) is 10.5 Å². The van der Waals surface area contributed by atoms with E-state index in [1.165, 1.54) is 11.8 Å². The number of carbonyl (C=O) groups is 1. The molecule has 1 aromatic heterocycles. The second-order valence-corrected chi connectivity index (χ2v) is 3.39. The van der Waals surface area contributed by atoms with Crippen LogP contribution in [0.3, 0.4) is 0 Å². The lowest BCUT2D eigenvalue weighted by molar-refractivity contribution is 0.101. The van der Waals surface area contributed by atoms with Crippen molar-refractivity contribution in [2.75, 3.05) is 18.1 Å². The Morgan fingerprint density at radius 2 is 2.50 bits per heavy atom. The fourth-order valence-electron chi connectivity index (χ4n) is 0.811. The van der Waals surface area contributed by atoms with Crippen molar-refractivity contribution < 1.29 is 9.90 Å². The number of aliphatic hydroxyl groups excluding tert-OH is 1. The number of carbonyl (C=O) groups excluding carboxylic acids is 1. The number of H-pyrrole nitrogens is 1. The molecular formula is C8H11NO2S. The van der Waals surface area contributed by atoms with E-state index in [1.807, 2.05) is 0 Å². The molecule has 0 spiro atoms. The molecule has 0 amide bonds. The van der Waals surface area contributed by atoms with Gasteiger partial charge in [0.2, 0.25) is 0 Å². The summed E-state index contributed by atoms with van der Waals surface area (Å²) in [6, 6.07) is 3.55. The molecule has 3 nitrogen and oxygen atoms in total. The van der Waals surface area contributed by atoms with E-state index in [1.54, 1.807) is 18.3 Å².